The molecule has 0 aliphatic heterocycles. The highest BCUT2D eigenvalue weighted by atomic mass is 16.3. The number of aryl methyl sites for hydroxylation is 1. The largest absolute Gasteiger partial charge is 0.390 e. The predicted octanol–water partition coefficient (Wildman–Crippen LogP) is 2.66. The van der Waals surface area contributed by atoms with Crippen molar-refractivity contribution >= 4 is 22.7 Å². The van der Waals surface area contributed by atoms with Crippen LogP contribution in [0.5, 0.6) is 0 Å². The molecule has 6 heteroatoms. The number of rotatable bonds is 3. The molecule has 1 aromatic carbocycles. The second-order valence-electron chi connectivity index (χ2n) is 9.54. The van der Waals surface area contributed by atoms with Gasteiger partial charge in [-0.25, -0.2) is 0 Å². The molecular weight excluding hydrogens is 354 g/mol. The fourth-order valence-electron chi connectivity index (χ4n) is 6.71. The van der Waals surface area contributed by atoms with Crippen molar-refractivity contribution < 1.29 is 14.7 Å². The first-order valence-electron chi connectivity index (χ1n) is 10.2. The summed E-state index contributed by atoms with van der Waals surface area (Å²) in [5, 5.41) is 11.7. The number of aromatic nitrogens is 1. The summed E-state index contributed by atoms with van der Waals surface area (Å²) in [4.78, 5) is 25.2. The smallest absolute Gasteiger partial charge is 0.271 e. The molecule has 4 saturated carbocycles. The van der Waals surface area contributed by atoms with Crippen molar-refractivity contribution in [3.63, 3.8) is 0 Å². The van der Waals surface area contributed by atoms with Crippen molar-refractivity contribution in [2.24, 2.45) is 24.3 Å². The van der Waals surface area contributed by atoms with Crippen LogP contribution in [0.1, 0.15) is 55.3 Å². The van der Waals surface area contributed by atoms with E-state index in [0.29, 0.717) is 23.8 Å². The lowest BCUT2D eigenvalue weighted by molar-refractivity contribution is -0.169. The number of nitrogens with zero attached hydrogens (tertiary/aromatic N) is 1. The number of carbonyl (C=O) groups is 2. The van der Waals surface area contributed by atoms with Gasteiger partial charge < -0.3 is 9.67 Å². The van der Waals surface area contributed by atoms with Crippen molar-refractivity contribution in [3.8, 4) is 0 Å². The Morgan fingerprint density at radius 1 is 1.14 bits per heavy atom. The van der Waals surface area contributed by atoms with Crippen LogP contribution in [0.15, 0.2) is 30.5 Å². The first kappa shape index (κ1) is 17.7. The number of hydrogen-bond donors (Lipinski definition) is 3. The Kier molecular flexibility index (Phi) is 3.85. The third-order valence-corrected chi connectivity index (χ3v) is 7.14. The molecule has 0 radical (unpaired) electrons. The lowest BCUT2D eigenvalue weighted by Gasteiger charge is -2.60. The van der Waals surface area contributed by atoms with E-state index in [2.05, 4.69) is 10.9 Å². The van der Waals surface area contributed by atoms with Crippen molar-refractivity contribution in [2.45, 2.75) is 50.5 Å². The molecule has 2 atom stereocenters. The van der Waals surface area contributed by atoms with Crippen LogP contribution in [-0.2, 0) is 11.8 Å². The number of hydrazine groups is 1. The van der Waals surface area contributed by atoms with Crippen LogP contribution in [-0.4, -0.2) is 27.1 Å². The molecule has 4 bridgehead atoms. The van der Waals surface area contributed by atoms with E-state index in [4.69, 9.17) is 0 Å². The lowest BCUT2D eigenvalue weighted by atomic mass is 9.47. The van der Waals surface area contributed by atoms with Gasteiger partial charge in [0, 0.05) is 30.6 Å². The average molecular weight is 381 g/mol. The molecule has 6 rings (SSSR count). The molecule has 1 heterocycles. The van der Waals surface area contributed by atoms with Crippen molar-refractivity contribution in [1.82, 2.24) is 15.4 Å². The first-order valence-corrected chi connectivity index (χ1v) is 10.2. The summed E-state index contributed by atoms with van der Waals surface area (Å²) in [6, 6.07) is 7.70. The highest BCUT2D eigenvalue weighted by molar-refractivity contribution is 6.07. The van der Waals surface area contributed by atoms with E-state index in [1.165, 1.54) is 6.42 Å². The van der Waals surface area contributed by atoms with Crippen LogP contribution in [0.25, 0.3) is 10.9 Å². The number of aliphatic hydroxyl groups is 1. The molecule has 148 valence electrons. The van der Waals surface area contributed by atoms with Gasteiger partial charge in [0.1, 0.15) is 0 Å². The van der Waals surface area contributed by atoms with Crippen LogP contribution in [0.3, 0.4) is 0 Å². The Balaban J connectivity index is 1.25. The van der Waals surface area contributed by atoms with E-state index in [9.17, 15) is 14.7 Å². The van der Waals surface area contributed by atoms with Gasteiger partial charge in [0.05, 0.1) is 11.2 Å². The molecular formula is C22H27N3O3. The molecule has 4 aliphatic rings. The molecule has 4 aliphatic carbocycles. The van der Waals surface area contributed by atoms with Gasteiger partial charge in [-0.1, -0.05) is 18.2 Å². The molecule has 0 spiro atoms. The van der Waals surface area contributed by atoms with Crippen molar-refractivity contribution in [1.29, 1.82) is 0 Å². The zero-order valence-corrected chi connectivity index (χ0v) is 16.2. The maximum Gasteiger partial charge on any atom is 0.271 e. The minimum absolute atomic E-state index is 0.104. The Hall–Kier alpha value is -2.34. The second-order valence-corrected chi connectivity index (χ2v) is 9.54. The number of benzene rings is 1. The molecule has 6 nitrogen and oxygen atoms in total. The Bertz CT molecular complexity index is 949. The number of fused-ring (bicyclic) bond motifs is 1. The van der Waals surface area contributed by atoms with E-state index in [1.54, 1.807) is 6.20 Å². The van der Waals surface area contributed by atoms with Crippen LogP contribution < -0.4 is 10.9 Å². The highest BCUT2D eigenvalue weighted by Gasteiger charge is 2.57. The van der Waals surface area contributed by atoms with Gasteiger partial charge in [0.15, 0.2) is 0 Å². The Morgan fingerprint density at radius 2 is 1.86 bits per heavy atom. The first-order chi connectivity index (χ1) is 13.3. The van der Waals surface area contributed by atoms with E-state index in [0.717, 1.165) is 43.0 Å². The topological polar surface area (TPSA) is 83.4 Å². The second kappa shape index (κ2) is 6.08. The standard InChI is InChI=1S/C22H27N3O3/c1-25-12-17(16-4-2-3-5-18(16)25)20(27)24-23-19(26)11-21-7-14-6-15(8-21)10-22(28,9-14)13-21/h2-5,12,14-15,28H,6-11,13H2,1H3,(H,23,26)(H,24,27). The summed E-state index contributed by atoms with van der Waals surface area (Å²) >= 11 is 0. The van der Waals surface area contributed by atoms with E-state index < -0.39 is 5.60 Å². The highest BCUT2D eigenvalue weighted by Crippen LogP contribution is 2.62. The van der Waals surface area contributed by atoms with Gasteiger partial charge in [-0.15, -0.1) is 0 Å². The number of amides is 2. The summed E-state index contributed by atoms with van der Waals surface area (Å²) < 4.78 is 1.90. The maximum atomic E-state index is 12.6. The maximum absolute atomic E-state index is 12.6. The van der Waals surface area contributed by atoms with Gasteiger partial charge in [-0.3, -0.25) is 20.4 Å². The van der Waals surface area contributed by atoms with Crippen LogP contribution in [0.2, 0.25) is 0 Å². The minimum Gasteiger partial charge on any atom is -0.390 e. The molecule has 2 unspecified atom stereocenters. The summed E-state index contributed by atoms with van der Waals surface area (Å²) in [6.45, 7) is 0. The van der Waals surface area contributed by atoms with Crippen molar-refractivity contribution in [2.75, 3.05) is 0 Å². The van der Waals surface area contributed by atoms with Crippen molar-refractivity contribution in [3.05, 3.63) is 36.0 Å². The summed E-state index contributed by atoms with van der Waals surface area (Å²) in [6.07, 6.45) is 7.91. The molecule has 2 aromatic rings. The number of para-hydroxylation sites is 1. The number of nitrogens with one attached hydrogen (secondary N) is 2. The molecule has 2 amide bonds. The van der Waals surface area contributed by atoms with Gasteiger partial charge in [-0.2, -0.15) is 0 Å². The number of carbonyl (C=O) groups excluding carboxylic acids is 2. The fraction of sp³-hybridized carbons (Fsp3) is 0.545. The molecule has 0 saturated heterocycles. The van der Waals surface area contributed by atoms with Gasteiger partial charge >= 0.3 is 0 Å². The van der Waals surface area contributed by atoms with E-state index >= 15 is 0 Å². The quantitative estimate of drug-likeness (QED) is 0.715. The zero-order valence-electron chi connectivity index (χ0n) is 16.2. The third kappa shape index (κ3) is 2.91. The van der Waals surface area contributed by atoms with E-state index in [-0.39, 0.29) is 17.2 Å². The minimum atomic E-state index is -0.573. The molecule has 1 aromatic heterocycles. The van der Waals surface area contributed by atoms with Gasteiger partial charge in [-0.05, 0) is 61.8 Å². The molecule has 4 fully saturated rings. The van der Waals surface area contributed by atoms with E-state index in [1.807, 2.05) is 35.9 Å². The monoisotopic (exact) mass is 381 g/mol. The van der Waals surface area contributed by atoms with Gasteiger partial charge in [0.25, 0.3) is 5.91 Å². The SMILES string of the molecule is Cn1cc(C(=O)NNC(=O)CC23CC4CC(CC(O)(C4)C2)C3)c2ccccc21. The number of hydrogen-bond acceptors (Lipinski definition) is 3. The molecule has 3 N–H and O–H groups in total. The van der Waals surface area contributed by atoms with Crippen LogP contribution in [0.4, 0.5) is 0 Å². The Labute approximate surface area is 164 Å². The normalized spacial score (nSPS) is 33.2. The van der Waals surface area contributed by atoms with Crippen LogP contribution in [0, 0.1) is 17.3 Å². The summed E-state index contributed by atoms with van der Waals surface area (Å²) in [5.74, 6) is 0.613. The predicted molar refractivity (Wildman–Crippen MR) is 105 cm³/mol. The zero-order chi connectivity index (χ0) is 19.5. The fourth-order valence-corrected chi connectivity index (χ4v) is 6.71. The Morgan fingerprint density at radius 3 is 2.57 bits per heavy atom. The third-order valence-electron chi connectivity index (χ3n) is 7.14. The lowest BCUT2D eigenvalue weighted by Crippen LogP contribution is -2.57. The van der Waals surface area contributed by atoms with Gasteiger partial charge in [0.2, 0.25) is 5.91 Å². The average Bonchev–Trinajstić information content (AvgIpc) is 2.94. The summed E-state index contributed by atoms with van der Waals surface area (Å²) in [5.41, 5.74) is 6.03. The molecule has 28 heavy (non-hydrogen) atoms. The van der Waals surface area contributed by atoms with Crippen LogP contribution >= 0.6 is 0 Å². The summed E-state index contributed by atoms with van der Waals surface area (Å²) in [7, 11) is 1.90.